The van der Waals surface area contributed by atoms with E-state index in [0.29, 0.717) is 24.9 Å². The molecule has 0 saturated heterocycles. The van der Waals surface area contributed by atoms with Crippen LogP contribution in [0, 0.1) is 0 Å². The average molecular weight is 694 g/mol. The number of nitrogens with two attached hydrogens (primary N) is 2. The van der Waals surface area contributed by atoms with Crippen LogP contribution in [0.3, 0.4) is 0 Å². The molecule has 18 nitrogen and oxygen atoms in total. The third-order valence-electron chi connectivity index (χ3n) is 7.24. The van der Waals surface area contributed by atoms with Crippen molar-refractivity contribution in [2.45, 2.75) is 101 Å². The molecule has 0 saturated carbocycles. The summed E-state index contributed by atoms with van der Waals surface area (Å²) in [6, 6.07) is 1.83. The van der Waals surface area contributed by atoms with Crippen molar-refractivity contribution in [3.8, 4) is 0 Å². The Morgan fingerprint density at radius 2 is 1.33 bits per heavy atom. The summed E-state index contributed by atoms with van der Waals surface area (Å²) < 4.78 is 0. The van der Waals surface area contributed by atoms with Gasteiger partial charge in [-0.3, -0.25) is 33.6 Å². The highest BCUT2D eigenvalue weighted by Crippen LogP contribution is 2.09. The first-order chi connectivity index (χ1) is 22.9. The molecule has 1 aromatic carbocycles. The number of carboxylic acids is 3. The molecule has 0 heterocycles. The predicted molar refractivity (Wildman–Crippen MR) is 173 cm³/mol. The predicted octanol–water partition coefficient (Wildman–Crippen LogP) is -2.04. The Labute approximate surface area is 283 Å². The Kier molecular flexibility index (Phi) is 17.4. The molecule has 272 valence electrons. The summed E-state index contributed by atoms with van der Waals surface area (Å²) >= 11 is 0. The second-order valence-corrected chi connectivity index (χ2v) is 11.9. The van der Waals surface area contributed by atoms with Gasteiger partial charge in [-0.25, -0.2) is 4.79 Å². The van der Waals surface area contributed by atoms with E-state index in [2.05, 4.69) is 26.6 Å². The number of rotatable bonds is 22. The van der Waals surface area contributed by atoms with E-state index < -0.39 is 96.0 Å². The lowest BCUT2D eigenvalue weighted by atomic mass is 10.0. The maximum Gasteiger partial charge on any atom is 0.326 e. The molecule has 0 fully saturated rings. The number of benzene rings is 1. The van der Waals surface area contributed by atoms with Crippen molar-refractivity contribution in [2.24, 2.45) is 11.5 Å². The molecule has 18 heteroatoms. The second-order valence-electron chi connectivity index (χ2n) is 11.9. The zero-order chi connectivity index (χ0) is 37.3. The summed E-state index contributed by atoms with van der Waals surface area (Å²) in [6.45, 7) is 4.17. The van der Waals surface area contributed by atoms with Gasteiger partial charge in [0.1, 0.15) is 29.7 Å². The molecule has 5 amide bonds. The Balaban J connectivity index is 3.01. The lowest BCUT2D eigenvalue weighted by Gasteiger charge is -2.29. The Morgan fingerprint density at radius 1 is 0.735 bits per heavy atom. The SMILES string of the molecule is C[C@H](NC(=O)C(C)(C)NC(=O)[C@H](CC(=O)O)NC(=O)[C@@H](N)CCC(=O)O)C(=O)N[C@@H](Cc1ccccc1)C(=O)N[C@@H](CCCCN)C(=O)O. The van der Waals surface area contributed by atoms with E-state index in [1.807, 2.05) is 0 Å². The van der Waals surface area contributed by atoms with E-state index >= 15 is 0 Å². The molecule has 0 spiro atoms. The van der Waals surface area contributed by atoms with Gasteiger partial charge in [0, 0.05) is 12.8 Å². The molecule has 49 heavy (non-hydrogen) atoms. The number of carbonyl (C=O) groups is 8. The monoisotopic (exact) mass is 693 g/mol. The number of carbonyl (C=O) groups excluding carboxylic acids is 5. The highest BCUT2D eigenvalue weighted by atomic mass is 16.4. The molecule has 0 aromatic heterocycles. The minimum absolute atomic E-state index is 0.00752. The molecular weight excluding hydrogens is 646 g/mol. The van der Waals surface area contributed by atoms with E-state index in [1.54, 1.807) is 30.3 Å². The zero-order valence-corrected chi connectivity index (χ0v) is 27.7. The maximum atomic E-state index is 13.2. The topological polar surface area (TPSA) is 309 Å². The van der Waals surface area contributed by atoms with Gasteiger partial charge >= 0.3 is 17.9 Å². The van der Waals surface area contributed by atoms with E-state index in [0.717, 1.165) is 0 Å². The summed E-state index contributed by atoms with van der Waals surface area (Å²) in [4.78, 5) is 98.9. The molecular formula is C31H47N7O11. The third-order valence-corrected chi connectivity index (χ3v) is 7.24. The van der Waals surface area contributed by atoms with E-state index in [9.17, 15) is 48.6 Å². The van der Waals surface area contributed by atoms with Crippen molar-refractivity contribution in [1.29, 1.82) is 0 Å². The number of nitrogens with one attached hydrogen (secondary N) is 5. The van der Waals surface area contributed by atoms with Crippen LogP contribution in [-0.2, 0) is 44.8 Å². The summed E-state index contributed by atoms with van der Waals surface area (Å²) in [7, 11) is 0. The lowest BCUT2D eigenvalue weighted by molar-refractivity contribution is -0.143. The van der Waals surface area contributed by atoms with E-state index in [4.69, 9.17) is 16.6 Å². The van der Waals surface area contributed by atoms with Crippen LogP contribution in [-0.4, -0.2) is 105 Å². The first-order valence-electron chi connectivity index (χ1n) is 15.6. The fourth-order valence-electron chi connectivity index (χ4n) is 4.35. The Hall–Kier alpha value is -5.10. The van der Waals surface area contributed by atoms with Crippen molar-refractivity contribution >= 4 is 47.4 Å². The molecule has 0 aliphatic carbocycles. The Bertz CT molecular complexity index is 1340. The number of hydrogen-bond donors (Lipinski definition) is 10. The average Bonchev–Trinajstić information content (AvgIpc) is 3.02. The fraction of sp³-hybridized carbons (Fsp3) is 0.548. The van der Waals surface area contributed by atoms with Gasteiger partial charge in [0.2, 0.25) is 29.5 Å². The highest BCUT2D eigenvalue weighted by Gasteiger charge is 2.36. The van der Waals surface area contributed by atoms with E-state index in [1.165, 1.54) is 20.8 Å². The van der Waals surface area contributed by atoms with Crippen LogP contribution in [0.15, 0.2) is 30.3 Å². The molecule has 1 aromatic rings. The lowest BCUT2D eigenvalue weighted by Crippen LogP contribution is -2.62. The van der Waals surface area contributed by atoms with Gasteiger partial charge in [-0.2, -0.15) is 0 Å². The van der Waals surface area contributed by atoms with Gasteiger partial charge < -0.3 is 53.4 Å². The van der Waals surface area contributed by atoms with Crippen molar-refractivity contribution in [3.63, 3.8) is 0 Å². The van der Waals surface area contributed by atoms with Gasteiger partial charge in [0.05, 0.1) is 12.5 Å². The fourth-order valence-corrected chi connectivity index (χ4v) is 4.35. The van der Waals surface area contributed by atoms with Gasteiger partial charge in [0.25, 0.3) is 0 Å². The van der Waals surface area contributed by atoms with Crippen molar-refractivity contribution in [2.75, 3.05) is 6.54 Å². The summed E-state index contributed by atoms with van der Waals surface area (Å²) in [6.07, 6.45) is -0.505. The number of amides is 5. The van der Waals surface area contributed by atoms with Crippen LogP contribution in [0.1, 0.15) is 64.9 Å². The van der Waals surface area contributed by atoms with Crippen molar-refractivity contribution in [3.05, 3.63) is 35.9 Å². The minimum Gasteiger partial charge on any atom is -0.481 e. The molecule has 0 radical (unpaired) electrons. The summed E-state index contributed by atoms with van der Waals surface area (Å²) in [5, 5.41) is 39.5. The number of carboxylic acid groups (broad SMARTS) is 3. The molecule has 12 N–H and O–H groups in total. The van der Waals surface area contributed by atoms with Crippen molar-refractivity contribution < 1.29 is 53.7 Å². The quantitative estimate of drug-likeness (QED) is 0.0586. The number of hydrogen-bond acceptors (Lipinski definition) is 10. The molecule has 0 aliphatic rings. The van der Waals surface area contributed by atoms with Gasteiger partial charge in [-0.15, -0.1) is 0 Å². The maximum absolute atomic E-state index is 13.2. The zero-order valence-electron chi connectivity index (χ0n) is 27.7. The smallest absolute Gasteiger partial charge is 0.326 e. The van der Waals surface area contributed by atoms with Crippen LogP contribution < -0.4 is 38.1 Å². The van der Waals surface area contributed by atoms with Crippen LogP contribution in [0.25, 0.3) is 0 Å². The highest BCUT2D eigenvalue weighted by molar-refractivity contribution is 5.98. The normalized spacial score (nSPS) is 14.1. The first kappa shape index (κ1) is 41.9. The largest absolute Gasteiger partial charge is 0.481 e. The van der Waals surface area contributed by atoms with Crippen LogP contribution in [0.5, 0.6) is 0 Å². The summed E-state index contributed by atoms with van der Waals surface area (Å²) in [5.41, 5.74) is 10.0. The van der Waals surface area contributed by atoms with E-state index in [-0.39, 0.29) is 19.3 Å². The standard InChI is InChI=1S/C31H47N7O11/c1-17(25(43)36-21(15-18-9-5-4-6-10-18)27(45)35-20(29(47)48)11-7-8-14-32)34-30(49)31(2,3)38-28(46)22(16-24(41)42)37-26(44)19(33)12-13-23(39)40/h4-6,9-10,17,19-22H,7-8,11-16,32-33H2,1-3H3,(H,34,49)(H,35,45)(H,36,43)(H,37,44)(H,38,46)(H,39,40)(H,41,42)(H,47,48)/t17-,19-,20-,21-,22-/m0/s1. The van der Waals surface area contributed by atoms with Crippen LogP contribution in [0.2, 0.25) is 0 Å². The molecule has 1 rings (SSSR count). The molecule has 0 aliphatic heterocycles. The molecule has 0 bridgehead atoms. The van der Waals surface area contributed by atoms with Crippen LogP contribution >= 0.6 is 0 Å². The van der Waals surface area contributed by atoms with Crippen molar-refractivity contribution in [1.82, 2.24) is 26.6 Å². The molecule has 5 atom stereocenters. The van der Waals surface area contributed by atoms with Gasteiger partial charge in [-0.05, 0) is 58.6 Å². The summed E-state index contributed by atoms with van der Waals surface area (Å²) in [5.74, 6) is -8.46. The van der Waals surface area contributed by atoms with Gasteiger partial charge in [-0.1, -0.05) is 30.3 Å². The third kappa shape index (κ3) is 15.6. The van der Waals surface area contributed by atoms with Gasteiger partial charge in [0.15, 0.2) is 0 Å². The Morgan fingerprint density at radius 3 is 1.88 bits per heavy atom. The number of unbranched alkanes of at least 4 members (excludes halogenated alkanes) is 1. The molecule has 0 unspecified atom stereocenters. The minimum atomic E-state index is -1.77. The first-order valence-corrected chi connectivity index (χ1v) is 15.6. The number of aliphatic carboxylic acids is 3. The van der Waals surface area contributed by atoms with Crippen LogP contribution in [0.4, 0.5) is 0 Å². The second kappa shape index (κ2) is 20.3.